The van der Waals surface area contributed by atoms with Crippen molar-refractivity contribution in [2.24, 2.45) is 10.9 Å². The molecule has 0 bridgehead atoms. The predicted octanol–water partition coefficient (Wildman–Crippen LogP) is 1.93. The molecule has 0 aliphatic heterocycles. The van der Waals surface area contributed by atoms with Gasteiger partial charge in [0.1, 0.15) is 0 Å². The molecule has 25 heavy (non-hydrogen) atoms. The van der Waals surface area contributed by atoms with Crippen molar-refractivity contribution in [1.82, 2.24) is 9.97 Å². The van der Waals surface area contributed by atoms with Gasteiger partial charge in [0.25, 0.3) is 0 Å². The Morgan fingerprint density at radius 2 is 2.08 bits per heavy atom. The van der Waals surface area contributed by atoms with E-state index in [1.54, 1.807) is 19.1 Å². The number of nitrogens with zero attached hydrogens (tertiary/aromatic N) is 3. The number of amides is 1. The standard InChI is InChI=1S/C15H16N4O4S2/c1-8-12(6-13(20)21)25-15(17-8)24-7-10-4-2-3-9(18-10)5-11(16)14(22)19-23/h2-4,11H,5-7,16H2,1H3,(H,20,21). The topological polar surface area (TPSA) is 136 Å². The van der Waals surface area contributed by atoms with E-state index in [2.05, 4.69) is 15.1 Å². The van der Waals surface area contributed by atoms with Gasteiger partial charge >= 0.3 is 11.9 Å². The number of aryl methyl sites for hydroxylation is 1. The minimum atomic E-state index is -0.993. The fourth-order valence-electron chi connectivity index (χ4n) is 2.00. The summed E-state index contributed by atoms with van der Waals surface area (Å²) in [7, 11) is 0. The molecule has 1 atom stereocenters. The van der Waals surface area contributed by atoms with Gasteiger partial charge in [-0.3, -0.25) is 14.6 Å². The average molecular weight is 380 g/mol. The summed E-state index contributed by atoms with van der Waals surface area (Å²) in [5.41, 5.74) is 7.69. The van der Waals surface area contributed by atoms with Crippen LogP contribution in [0.5, 0.6) is 0 Å². The van der Waals surface area contributed by atoms with Crippen molar-refractivity contribution in [2.45, 2.75) is 35.9 Å². The molecule has 0 saturated heterocycles. The van der Waals surface area contributed by atoms with Crippen LogP contribution in [0, 0.1) is 11.8 Å². The third-order valence-electron chi connectivity index (χ3n) is 3.23. The second-order valence-corrected chi connectivity index (χ2v) is 7.51. The molecule has 0 aliphatic carbocycles. The molecule has 8 nitrogen and oxygen atoms in total. The van der Waals surface area contributed by atoms with Gasteiger partial charge < -0.3 is 10.8 Å². The number of carboxylic acids is 1. The first-order chi connectivity index (χ1) is 11.9. The SMILES string of the molecule is Cc1nc(SCc2cccc(CC(N)C(=O)N=O)n2)sc1CC(=O)O. The zero-order valence-corrected chi connectivity index (χ0v) is 15.0. The minimum Gasteiger partial charge on any atom is -0.481 e. The maximum absolute atomic E-state index is 11.1. The Morgan fingerprint density at radius 1 is 1.36 bits per heavy atom. The molecule has 10 heteroatoms. The van der Waals surface area contributed by atoms with E-state index < -0.39 is 17.9 Å². The number of thioether (sulfide) groups is 1. The Balaban J connectivity index is 1.99. The summed E-state index contributed by atoms with van der Waals surface area (Å²) < 4.78 is 0.776. The molecule has 0 fully saturated rings. The molecule has 0 spiro atoms. The number of pyridine rings is 1. The highest BCUT2D eigenvalue weighted by atomic mass is 32.2. The molecule has 132 valence electrons. The van der Waals surface area contributed by atoms with Crippen LogP contribution in [0.1, 0.15) is 22.0 Å². The van der Waals surface area contributed by atoms with Gasteiger partial charge in [-0.2, -0.15) is 0 Å². The first-order valence-electron chi connectivity index (χ1n) is 7.27. The minimum absolute atomic E-state index is 0.0333. The molecule has 0 radical (unpaired) electrons. The van der Waals surface area contributed by atoms with Gasteiger partial charge in [0.15, 0.2) is 4.34 Å². The highest BCUT2D eigenvalue weighted by Crippen LogP contribution is 2.29. The molecular formula is C15H16N4O4S2. The number of carboxylic acid groups (broad SMARTS) is 1. The van der Waals surface area contributed by atoms with Crippen LogP contribution in [0.2, 0.25) is 0 Å². The van der Waals surface area contributed by atoms with E-state index in [0.29, 0.717) is 11.4 Å². The molecule has 2 rings (SSSR count). The van der Waals surface area contributed by atoms with E-state index >= 15 is 0 Å². The van der Waals surface area contributed by atoms with Crippen molar-refractivity contribution in [3.8, 4) is 0 Å². The number of rotatable bonds is 8. The summed E-state index contributed by atoms with van der Waals surface area (Å²) >= 11 is 2.82. The summed E-state index contributed by atoms with van der Waals surface area (Å²) in [4.78, 5) is 41.7. The average Bonchev–Trinajstić information content (AvgIpc) is 2.91. The maximum Gasteiger partial charge on any atom is 0.308 e. The lowest BCUT2D eigenvalue weighted by Crippen LogP contribution is -2.31. The first-order valence-corrected chi connectivity index (χ1v) is 9.07. The number of carbonyl (C=O) groups excluding carboxylic acids is 1. The summed E-state index contributed by atoms with van der Waals surface area (Å²) in [6.45, 7) is 1.79. The van der Waals surface area contributed by atoms with Gasteiger partial charge in [-0.25, -0.2) is 4.98 Å². The van der Waals surface area contributed by atoms with Crippen molar-refractivity contribution < 1.29 is 14.7 Å². The van der Waals surface area contributed by atoms with E-state index in [9.17, 15) is 14.5 Å². The van der Waals surface area contributed by atoms with Crippen LogP contribution >= 0.6 is 23.1 Å². The highest BCUT2D eigenvalue weighted by Gasteiger charge is 2.16. The monoisotopic (exact) mass is 380 g/mol. The second kappa shape index (κ2) is 8.79. The molecule has 2 heterocycles. The number of hydrogen-bond acceptors (Lipinski definition) is 8. The first kappa shape index (κ1) is 19.2. The number of aliphatic carboxylic acids is 1. The quantitative estimate of drug-likeness (QED) is 0.524. The van der Waals surface area contributed by atoms with Gasteiger partial charge in [-0.1, -0.05) is 17.8 Å². The Morgan fingerprint density at radius 3 is 2.76 bits per heavy atom. The number of nitroso groups, excluding NO2 is 1. The number of hydrogen-bond donors (Lipinski definition) is 2. The molecule has 0 aliphatic rings. The van der Waals surface area contributed by atoms with Gasteiger partial charge in [0, 0.05) is 27.9 Å². The van der Waals surface area contributed by atoms with Crippen molar-refractivity contribution in [1.29, 1.82) is 0 Å². The number of carbonyl (C=O) groups is 2. The summed E-state index contributed by atoms with van der Waals surface area (Å²) in [6, 6.07) is 4.37. The number of aromatic nitrogens is 2. The maximum atomic E-state index is 11.1. The lowest BCUT2D eigenvalue weighted by molar-refractivity contribution is -0.136. The van der Waals surface area contributed by atoms with Gasteiger partial charge in [0.2, 0.25) is 0 Å². The fourth-order valence-corrected chi connectivity index (χ4v) is 4.13. The Bertz CT molecular complexity index is 794. The number of thiazole rings is 1. The summed E-state index contributed by atoms with van der Waals surface area (Å²) in [5.74, 6) is -1.23. The van der Waals surface area contributed by atoms with E-state index in [1.165, 1.54) is 23.1 Å². The third-order valence-corrected chi connectivity index (χ3v) is 5.56. The lowest BCUT2D eigenvalue weighted by atomic mass is 10.1. The Labute approximate surface area is 151 Å². The van der Waals surface area contributed by atoms with Crippen molar-refractivity contribution in [3.05, 3.63) is 45.1 Å². The molecule has 0 aromatic carbocycles. The fraction of sp³-hybridized carbons (Fsp3) is 0.333. The van der Waals surface area contributed by atoms with Gasteiger partial charge in [0.05, 0.1) is 23.9 Å². The van der Waals surface area contributed by atoms with E-state index in [-0.39, 0.29) is 12.8 Å². The van der Waals surface area contributed by atoms with Crippen LogP contribution in [0.15, 0.2) is 27.7 Å². The smallest absolute Gasteiger partial charge is 0.308 e. The van der Waals surface area contributed by atoms with Crippen LogP contribution in [-0.4, -0.2) is 33.0 Å². The molecule has 2 aromatic rings. The van der Waals surface area contributed by atoms with Gasteiger partial charge in [-0.15, -0.1) is 16.2 Å². The van der Waals surface area contributed by atoms with Crippen LogP contribution in [0.25, 0.3) is 0 Å². The molecule has 3 N–H and O–H groups in total. The van der Waals surface area contributed by atoms with Crippen molar-refractivity contribution in [3.63, 3.8) is 0 Å². The lowest BCUT2D eigenvalue weighted by Gasteiger charge is -2.07. The van der Waals surface area contributed by atoms with E-state index in [1.807, 2.05) is 6.07 Å². The zero-order chi connectivity index (χ0) is 18.4. The van der Waals surface area contributed by atoms with Crippen LogP contribution < -0.4 is 5.73 Å². The molecule has 0 saturated carbocycles. The van der Waals surface area contributed by atoms with Crippen molar-refractivity contribution >= 4 is 35.0 Å². The molecular weight excluding hydrogens is 364 g/mol. The van der Waals surface area contributed by atoms with Gasteiger partial charge in [-0.05, 0) is 19.1 Å². The molecule has 1 amide bonds. The normalized spacial score (nSPS) is 11.9. The Hall–Kier alpha value is -2.17. The third kappa shape index (κ3) is 5.69. The van der Waals surface area contributed by atoms with Crippen molar-refractivity contribution in [2.75, 3.05) is 0 Å². The second-order valence-electron chi connectivity index (χ2n) is 5.21. The predicted molar refractivity (Wildman–Crippen MR) is 94.5 cm³/mol. The zero-order valence-electron chi connectivity index (χ0n) is 13.3. The molecule has 1 unspecified atom stereocenters. The Kier molecular flexibility index (Phi) is 6.73. The van der Waals surface area contributed by atoms with E-state index in [0.717, 1.165) is 20.6 Å². The van der Waals surface area contributed by atoms with Crippen LogP contribution in [0.4, 0.5) is 0 Å². The van der Waals surface area contributed by atoms with E-state index in [4.69, 9.17) is 10.8 Å². The van der Waals surface area contributed by atoms with Crippen LogP contribution in [0.3, 0.4) is 0 Å². The summed E-state index contributed by atoms with van der Waals surface area (Å²) in [6.07, 6.45) is 0.108. The van der Waals surface area contributed by atoms with Crippen LogP contribution in [-0.2, 0) is 28.2 Å². The highest BCUT2D eigenvalue weighted by molar-refractivity contribution is 8.00. The molecule has 2 aromatic heterocycles. The number of nitrogens with two attached hydrogens (primary N) is 1. The summed E-state index contributed by atoms with van der Waals surface area (Å²) in [5, 5.41) is 11.2. The largest absolute Gasteiger partial charge is 0.481 e.